The fraction of sp³-hybridized carbons (Fsp3) is 0.467. The Balaban J connectivity index is 2.47. The van der Waals surface area contributed by atoms with Crippen LogP contribution in [0.25, 0.3) is 0 Å². The number of hydrogen-bond acceptors (Lipinski definition) is 2. The molecule has 0 aromatic heterocycles. The van der Waals surface area contributed by atoms with Gasteiger partial charge in [-0.25, -0.2) is 4.79 Å². The van der Waals surface area contributed by atoms with Crippen LogP contribution in [0.1, 0.15) is 26.3 Å². The molecule has 0 bridgehead atoms. The molecule has 1 atom stereocenters. The summed E-state index contributed by atoms with van der Waals surface area (Å²) in [5, 5.41) is 5.98. The van der Waals surface area contributed by atoms with Crippen LogP contribution < -0.4 is 15.5 Å². The first-order chi connectivity index (χ1) is 10.1. The Morgan fingerprint density at radius 2 is 1.82 bits per heavy atom. The van der Waals surface area contributed by atoms with Crippen molar-refractivity contribution in [3.63, 3.8) is 0 Å². The minimum atomic E-state index is -0.486. The molecule has 0 radical (unpaired) electrons. The molecule has 1 aromatic carbocycles. The van der Waals surface area contributed by atoms with Gasteiger partial charge in [-0.15, -0.1) is 0 Å². The number of rotatable bonds is 4. The standard InChI is InChI=1S/C15H21Cl2N3O2/c1-15(2,3)19-14(22)18-13(21)9-20(4)8-10-5-6-11(16)12(17)7-10/h5-7H,8-9H2,1-4H3,(H2,18,19,21,22)/p+1. The zero-order valence-electron chi connectivity index (χ0n) is 13.2. The minimum absolute atomic E-state index is 0.178. The Hall–Kier alpha value is -1.30. The summed E-state index contributed by atoms with van der Waals surface area (Å²) in [5.41, 5.74) is 0.585. The first kappa shape index (κ1) is 18.7. The molecule has 0 saturated heterocycles. The summed E-state index contributed by atoms with van der Waals surface area (Å²) in [6, 6.07) is 4.88. The molecule has 0 saturated carbocycles. The minimum Gasteiger partial charge on any atom is -0.333 e. The Morgan fingerprint density at radius 1 is 1.18 bits per heavy atom. The summed E-state index contributed by atoms with van der Waals surface area (Å²) in [4.78, 5) is 24.4. The molecule has 1 rings (SSSR count). The van der Waals surface area contributed by atoms with E-state index in [1.165, 1.54) is 0 Å². The number of nitrogens with one attached hydrogen (secondary N) is 3. The first-order valence-corrected chi connectivity index (χ1v) is 7.69. The number of urea groups is 1. The molecule has 0 fully saturated rings. The van der Waals surface area contributed by atoms with Gasteiger partial charge in [-0.1, -0.05) is 29.3 Å². The highest BCUT2D eigenvalue weighted by atomic mass is 35.5. The second kappa shape index (κ2) is 7.81. The van der Waals surface area contributed by atoms with Gasteiger partial charge in [0.15, 0.2) is 6.54 Å². The predicted molar refractivity (Wildman–Crippen MR) is 88.3 cm³/mol. The zero-order chi connectivity index (χ0) is 16.9. The average molecular weight is 347 g/mol. The van der Waals surface area contributed by atoms with Crippen LogP contribution in [0.5, 0.6) is 0 Å². The van der Waals surface area contributed by atoms with Crippen molar-refractivity contribution in [3.8, 4) is 0 Å². The van der Waals surface area contributed by atoms with Crippen molar-refractivity contribution in [2.45, 2.75) is 32.9 Å². The molecule has 1 aromatic rings. The molecule has 5 nitrogen and oxygen atoms in total. The lowest BCUT2D eigenvalue weighted by Crippen LogP contribution is -3.09. The molecule has 22 heavy (non-hydrogen) atoms. The Morgan fingerprint density at radius 3 is 2.36 bits per heavy atom. The van der Waals surface area contributed by atoms with Crippen LogP contribution in [0.15, 0.2) is 18.2 Å². The van der Waals surface area contributed by atoms with E-state index in [1.54, 1.807) is 12.1 Å². The largest absolute Gasteiger partial charge is 0.333 e. The van der Waals surface area contributed by atoms with Gasteiger partial charge in [0.1, 0.15) is 6.54 Å². The van der Waals surface area contributed by atoms with Crippen molar-refractivity contribution in [1.29, 1.82) is 0 Å². The van der Waals surface area contributed by atoms with E-state index in [-0.39, 0.29) is 18.0 Å². The number of carbonyl (C=O) groups excluding carboxylic acids is 2. The van der Waals surface area contributed by atoms with Gasteiger partial charge in [0.25, 0.3) is 5.91 Å². The molecule has 7 heteroatoms. The molecule has 0 spiro atoms. The zero-order valence-corrected chi connectivity index (χ0v) is 14.7. The molecule has 0 aliphatic heterocycles. The van der Waals surface area contributed by atoms with E-state index >= 15 is 0 Å². The van der Waals surface area contributed by atoms with Gasteiger partial charge in [0.05, 0.1) is 17.1 Å². The van der Waals surface area contributed by atoms with Gasteiger partial charge >= 0.3 is 6.03 Å². The highest BCUT2D eigenvalue weighted by Crippen LogP contribution is 2.22. The highest BCUT2D eigenvalue weighted by molar-refractivity contribution is 6.42. The van der Waals surface area contributed by atoms with Gasteiger partial charge in [-0.2, -0.15) is 0 Å². The fourth-order valence-electron chi connectivity index (χ4n) is 1.88. The summed E-state index contributed by atoms with van der Waals surface area (Å²) in [7, 11) is 1.86. The van der Waals surface area contributed by atoms with E-state index < -0.39 is 6.03 Å². The third-order valence-electron chi connectivity index (χ3n) is 2.69. The molecule has 0 aliphatic carbocycles. The summed E-state index contributed by atoms with van der Waals surface area (Å²) in [6.45, 7) is 6.32. The number of carbonyl (C=O) groups is 2. The Kier molecular flexibility index (Phi) is 6.66. The summed E-state index contributed by atoms with van der Waals surface area (Å²) < 4.78 is 0. The quantitative estimate of drug-likeness (QED) is 0.775. The maximum atomic E-state index is 11.8. The van der Waals surface area contributed by atoms with Crippen LogP contribution >= 0.6 is 23.2 Å². The van der Waals surface area contributed by atoms with Crippen molar-refractivity contribution >= 4 is 35.1 Å². The number of likely N-dealkylation sites (N-methyl/N-ethyl adjacent to an activating group) is 1. The van der Waals surface area contributed by atoms with E-state index in [4.69, 9.17) is 23.2 Å². The number of benzene rings is 1. The molecule has 122 valence electrons. The molecular formula is C15H22Cl2N3O2+. The average Bonchev–Trinajstić information content (AvgIpc) is 2.30. The van der Waals surface area contributed by atoms with Crippen LogP contribution in [0.4, 0.5) is 4.79 Å². The lowest BCUT2D eigenvalue weighted by atomic mass is 10.1. The van der Waals surface area contributed by atoms with Crippen LogP contribution in [-0.4, -0.2) is 31.1 Å². The van der Waals surface area contributed by atoms with E-state index in [1.807, 2.05) is 33.9 Å². The van der Waals surface area contributed by atoms with Gasteiger partial charge in [0.2, 0.25) is 0 Å². The predicted octanol–water partition coefficient (Wildman–Crippen LogP) is 1.63. The molecule has 0 aliphatic rings. The second-order valence-corrected chi connectivity index (χ2v) is 7.13. The number of quaternary nitrogens is 1. The number of halogens is 2. The lowest BCUT2D eigenvalue weighted by Gasteiger charge is -2.20. The molecule has 3 amide bonds. The van der Waals surface area contributed by atoms with Crippen molar-refractivity contribution in [2.24, 2.45) is 0 Å². The van der Waals surface area contributed by atoms with Gasteiger partial charge in [-0.3, -0.25) is 10.1 Å². The molecule has 1 unspecified atom stereocenters. The van der Waals surface area contributed by atoms with E-state index in [2.05, 4.69) is 10.6 Å². The normalized spacial score (nSPS) is 12.6. The fourth-order valence-corrected chi connectivity index (χ4v) is 2.20. The van der Waals surface area contributed by atoms with Crippen molar-refractivity contribution in [1.82, 2.24) is 10.6 Å². The molecule has 3 N–H and O–H groups in total. The van der Waals surface area contributed by atoms with Crippen LogP contribution in [0, 0.1) is 0 Å². The Bertz CT molecular complexity index is 556. The smallest absolute Gasteiger partial charge is 0.322 e. The third-order valence-corrected chi connectivity index (χ3v) is 3.43. The molecular weight excluding hydrogens is 325 g/mol. The van der Waals surface area contributed by atoms with Crippen LogP contribution in [0.3, 0.4) is 0 Å². The van der Waals surface area contributed by atoms with E-state index in [9.17, 15) is 9.59 Å². The SMILES string of the molecule is C[NH+](CC(=O)NC(=O)NC(C)(C)C)Cc1ccc(Cl)c(Cl)c1. The third kappa shape index (κ3) is 7.11. The summed E-state index contributed by atoms with van der Waals surface area (Å²) in [6.07, 6.45) is 0. The number of amides is 3. The summed E-state index contributed by atoms with van der Waals surface area (Å²) >= 11 is 11.8. The van der Waals surface area contributed by atoms with Gasteiger partial charge in [0, 0.05) is 11.1 Å². The van der Waals surface area contributed by atoms with Gasteiger partial charge < -0.3 is 10.2 Å². The summed E-state index contributed by atoms with van der Waals surface area (Å²) in [5.74, 6) is -0.334. The highest BCUT2D eigenvalue weighted by Gasteiger charge is 2.18. The van der Waals surface area contributed by atoms with Gasteiger partial charge in [-0.05, 0) is 32.9 Å². The lowest BCUT2D eigenvalue weighted by molar-refractivity contribution is -0.885. The number of imide groups is 1. The number of hydrogen-bond donors (Lipinski definition) is 3. The monoisotopic (exact) mass is 346 g/mol. The Labute approximate surface area is 141 Å². The van der Waals surface area contributed by atoms with Crippen molar-refractivity contribution in [3.05, 3.63) is 33.8 Å². The van der Waals surface area contributed by atoms with Crippen LogP contribution in [0.2, 0.25) is 10.0 Å². The van der Waals surface area contributed by atoms with Crippen LogP contribution in [-0.2, 0) is 11.3 Å². The van der Waals surface area contributed by atoms with Crippen molar-refractivity contribution < 1.29 is 14.5 Å². The first-order valence-electron chi connectivity index (χ1n) is 6.94. The van der Waals surface area contributed by atoms with E-state index in [0.717, 1.165) is 10.5 Å². The maximum Gasteiger partial charge on any atom is 0.322 e. The second-order valence-electron chi connectivity index (χ2n) is 6.31. The maximum absolute atomic E-state index is 11.8. The van der Waals surface area contributed by atoms with E-state index in [0.29, 0.717) is 16.6 Å². The topological polar surface area (TPSA) is 62.6 Å². The molecule has 0 heterocycles. The van der Waals surface area contributed by atoms with Crippen molar-refractivity contribution in [2.75, 3.05) is 13.6 Å².